The first-order valence-electron chi connectivity index (χ1n) is 12.0. The highest BCUT2D eigenvalue weighted by Crippen LogP contribution is 2.61. The fourth-order valence-electron chi connectivity index (χ4n) is 6.80. The van der Waals surface area contributed by atoms with Crippen LogP contribution >= 0.6 is 11.6 Å². The molecule has 0 aliphatic carbocycles. The molecule has 3 aromatic rings. The third kappa shape index (κ3) is 2.81. The van der Waals surface area contributed by atoms with Crippen LogP contribution in [0.3, 0.4) is 0 Å². The number of ketones is 1. The summed E-state index contributed by atoms with van der Waals surface area (Å²) in [4.78, 5) is 30.8. The van der Waals surface area contributed by atoms with Gasteiger partial charge in [-0.3, -0.25) is 14.5 Å². The topological polar surface area (TPSA) is 67.9 Å². The van der Waals surface area contributed by atoms with Crippen LogP contribution in [0.5, 0.6) is 11.5 Å². The molecule has 2 saturated heterocycles. The zero-order valence-electron chi connectivity index (χ0n) is 18.9. The summed E-state index contributed by atoms with van der Waals surface area (Å²) in [6, 6.07) is 20.9. The summed E-state index contributed by atoms with van der Waals surface area (Å²) in [5.41, 5.74) is 2.14. The first-order chi connectivity index (χ1) is 17.1. The summed E-state index contributed by atoms with van der Waals surface area (Å²) in [5, 5.41) is 3.75. The molecule has 2 fully saturated rings. The molecule has 0 bridgehead atoms. The number of carbonyl (C=O) groups excluding carboxylic acids is 2. The Labute approximate surface area is 207 Å². The van der Waals surface area contributed by atoms with Crippen LogP contribution < -0.4 is 14.8 Å². The van der Waals surface area contributed by atoms with Gasteiger partial charge >= 0.3 is 0 Å². The zero-order chi connectivity index (χ0) is 23.7. The van der Waals surface area contributed by atoms with Gasteiger partial charge in [-0.25, -0.2) is 0 Å². The largest absolute Gasteiger partial charge is 0.454 e. The standard InChI is InChI=1S/C28H23ClN2O4/c29-18-10-7-16(8-11-18)24-21-6-3-13-31(21)28(19-4-1-2-5-20(19)30-27(28)33)25(24)26(32)17-9-12-22-23(14-17)35-15-34-22/h1-2,4-5,7-12,14,21,24-25H,3,6,13,15H2,(H,30,33)/t21-,24-,25+,28+/m0/s1. The third-order valence-corrected chi connectivity index (χ3v) is 8.35. The van der Waals surface area contributed by atoms with Crippen LogP contribution in [-0.4, -0.2) is 36.0 Å². The van der Waals surface area contributed by atoms with Crippen molar-refractivity contribution in [1.29, 1.82) is 0 Å². The Balaban J connectivity index is 1.46. The van der Waals surface area contributed by atoms with Crippen molar-refractivity contribution in [2.45, 2.75) is 30.3 Å². The highest BCUT2D eigenvalue weighted by Gasteiger charge is 2.69. The number of amides is 1. The quantitative estimate of drug-likeness (QED) is 0.529. The third-order valence-electron chi connectivity index (χ3n) is 8.10. The molecule has 3 aromatic carbocycles. The van der Waals surface area contributed by atoms with E-state index in [1.807, 2.05) is 48.5 Å². The van der Waals surface area contributed by atoms with Crippen molar-refractivity contribution in [2.24, 2.45) is 5.92 Å². The Morgan fingerprint density at radius 2 is 1.83 bits per heavy atom. The highest BCUT2D eigenvalue weighted by molar-refractivity contribution is 6.30. The molecule has 1 amide bonds. The van der Waals surface area contributed by atoms with Crippen LogP contribution in [-0.2, 0) is 10.3 Å². The lowest BCUT2D eigenvalue weighted by Crippen LogP contribution is -2.52. The Bertz CT molecular complexity index is 1370. The van der Waals surface area contributed by atoms with E-state index < -0.39 is 11.5 Å². The van der Waals surface area contributed by atoms with Gasteiger partial charge in [0.05, 0.1) is 5.92 Å². The molecule has 6 nitrogen and oxygen atoms in total. The van der Waals surface area contributed by atoms with Gasteiger partial charge in [0.2, 0.25) is 12.7 Å². The Morgan fingerprint density at radius 1 is 1.03 bits per heavy atom. The summed E-state index contributed by atoms with van der Waals surface area (Å²) in [5.74, 6) is 0.220. The molecule has 1 spiro atoms. The SMILES string of the molecule is O=C(c1ccc2c(c1)OCO2)[C@H]1[C@@H](c2ccc(Cl)cc2)[C@@H]2CCCN2[C@@]12C(=O)Nc1ccccc12. The van der Waals surface area contributed by atoms with Gasteiger partial charge in [-0.15, -0.1) is 0 Å². The number of anilines is 1. The molecule has 0 aromatic heterocycles. The number of nitrogens with zero attached hydrogens (tertiary/aromatic N) is 1. The van der Waals surface area contributed by atoms with Gasteiger partial charge in [0, 0.05) is 33.8 Å². The summed E-state index contributed by atoms with van der Waals surface area (Å²) >= 11 is 6.22. The fourth-order valence-corrected chi connectivity index (χ4v) is 6.93. The van der Waals surface area contributed by atoms with Crippen LogP contribution in [0.4, 0.5) is 5.69 Å². The van der Waals surface area contributed by atoms with Gasteiger partial charge < -0.3 is 14.8 Å². The van der Waals surface area contributed by atoms with E-state index in [0.717, 1.165) is 36.2 Å². The van der Waals surface area contributed by atoms with E-state index in [-0.39, 0.29) is 30.4 Å². The first-order valence-corrected chi connectivity index (χ1v) is 12.3. The Morgan fingerprint density at radius 3 is 2.69 bits per heavy atom. The lowest BCUT2D eigenvalue weighted by atomic mass is 9.69. The molecule has 7 heteroatoms. The lowest BCUT2D eigenvalue weighted by molar-refractivity contribution is -0.127. The molecule has 0 unspecified atom stereocenters. The van der Waals surface area contributed by atoms with Gasteiger partial charge in [-0.2, -0.15) is 0 Å². The van der Waals surface area contributed by atoms with Crippen LogP contribution in [0.1, 0.15) is 40.2 Å². The number of ether oxygens (including phenoxy) is 2. The molecule has 4 aliphatic rings. The number of nitrogens with one attached hydrogen (secondary N) is 1. The molecule has 4 atom stereocenters. The average molecular weight is 487 g/mol. The van der Waals surface area contributed by atoms with E-state index in [1.165, 1.54) is 0 Å². The second-order valence-corrected chi connectivity index (χ2v) is 10.1. The van der Waals surface area contributed by atoms with E-state index in [0.29, 0.717) is 22.1 Å². The number of halogens is 1. The molecule has 4 heterocycles. The van der Waals surface area contributed by atoms with Gasteiger partial charge in [-0.05, 0) is 61.3 Å². The molecule has 35 heavy (non-hydrogen) atoms. The molecular weight excluding hydrogens is 464 g/mol. The van der Waals surface area contributed by atoms with Crippen molar-refractivity contribution in [3.8, 4) is 11.5 Å². The zero-order valence-corrected chi connectivity index (χ0v) is 19.6. The smallest absolute Gasteiger partial charge is 0.250 e. The lowest BCUT2D eigenvalue weighted by Gasteiger charge is -2.36. The van der Waals surface area contributed by atoms with Gasteiger partial charge in [0.1, 0.15) is 5.54 Å². The van der Waals surface area contributed by atoms with Gasteiger partial charge in [0.25, 0.3) is 0 Å². The highest BCUT2D eigenvalue weighted by atomic mass is 35.5. The van der Waals surface area contributed by atoms with E-state index in [4.69, 9.17) is 21.1 Å². The van der Waals surface area contributed by atoms with E-state index in [2.05, 4.69) is 10.2 Å². The van der Waals surface area contributed by atoms with E-state index >= 15 is 0 Å². The number of hydrogen-bond donors (Lipinski definition) is 1. The fraction of sp³-hybridized carbons (Fsp3) is 0.286. The van der Waals surface area contributed by atoms with Crippen LogP contribution in [0.15, 0.2) is 66.7 Å². The molecular formula is C28H23ClN2O4. The van der Waals surface area contributed by atoms with Crippen LogP contribution in [0.25, 0.3) is 0 Å². The maximum absolute atomic E-state index is 14.5. The molecule has 1 N–H and O–H groups in total. The minimum Gasteiger partial charge on any atom is -0.454 e. The number of Topliss-reactive ketones (excluding diaryl/α,β-unsaturated/α-hetero) is 1. The van der Waals surface area contributed by atoms with Crippen LogP contribution in [0, 0.1) is 5.92 Å². The minimum absolute atomic E-state index is 0.0653. The number of fused-ring (bicyclic) bond motifs is 5. The Kier molecular flexibility index (Phi) is 4.54. The summed E-state index contributed by atoms with van der Waals surface area (Å²) in [6.07, 6.45) is 1.91. The molecule has 0 radical (unpaired) electrons. The second kappa shape index (κ2) is 7.57. The van der Waals surface area contributed by atoms with Crippen molar-refractivity contribution in [2.75, 3.05) is 18.7 Å². The number of benzene rings is 3. The van der Waals surface area contributed by atoms with Crippen molar-refractivity contribution < 1.29 is 19.1 Å². The number of carbonyl (C=O) groups is 2. The van der Waals surface area contributed by atoms with Gasteiger partial charge in [-0.1, -0.05) is 41.9 Å². The van der Waals surface area contributed by atoms with Crippen molar-refractivity contribution >= 4 is 29.0 Å². The van der Waals surface area contributed by atoms with Crippen molar-refractivity contribution in [1.82, 2.24) is 4.90 Å². The Hall–Kier alpha value is -3.35. The first kappa shape index (κ1) is 21.0. The molecule has 176 valence electrons. The molecule has 7 rings (SSSR count). The minimum atomic E-state index is -1.07. The van der Waals surface area contributed by atoms with E-state index in [9.17, 15) is 9.59 Å². The summed E-state index contributed by atoms with van der Waals surface area (Å²) in [7, 11) is 0. The maximum atomic E-state index is 14.5. The van der Waals surface area contributed by atoms with E-state index in [1.54, 1.807) is 18.2 Å². The maximum Gasteiger partial charge on any atom is 0.250 e. The average Bonchev–Trinajstić information content (AvgIpc) is 3.63. The van der Waals surface area contributed by atoms with Crippen LogP contribution in [0.2, 0.25) is 5.02 Å². The number of para-hydroxylation sites is 1. The summed E-state index contributed by atoms with van der Waals surface area (Å²) < 4.78 is 11.0. The molecule has 0 saturated carbocycles. The monoisotopic (exact) mass is 486 g/mol. The predicted molar refractivity (Wildman–Crippen MR) is 131 cm³/mol. The second-order valence-electron chi connectivity index (χ2n) is 9.66. The summed E-state index contributed by atoms with van der Waals surface area (Å²) in [6.45, 7) is 0.904. The molecule has 4 aliphatic heterocycles. The normalized spacial score (nSPS) is 28.3. The van der Waals surface area contributed by atoms with Crippen molar-refractivity contribution in [3.05, 3.63) is 88.4 Å². The van der Waals surface area contributed by atoms with Crippen molar-refractivity contribution in [3.63, 3.8) is 0 Å². The number of hydrogen-bond acceptors (Lipinski definition) is 5. The van der Waals surface area contributed by atoms with Gasteiger partial charge in [0.15, 0.2) is 17.3 Å². The predicted octanol–water partition coefficient (Wildman–Crippen LogP) is 4.98. The number of rotatable bonds is 3.